The lowest BCUT2D eigenvalue weighted by Gasteiger charge is -2.09. The van der Waals surface area contributed by atoms with Crippen LogP contribution in [0.1, 0.15) is 20.7 Å². The fourth-order valence-corrected chi connectivity index (χ4v) is 2.00. The summed E-state index contributed by atoms with van der Waals surface area (Å²) in [5, 5.41) is 11.7. The van der Waals surface area contributed by atoms with E-state index >= 15 is 0 Å². The second kappa shape index (κ2) is 5.75. The van der Waals surface area contributed by atoms with E-state index in [9.17, 15) is 9.59 Å². The minimum Gasteiger partial charge on any atom is -0.478 e. The first kappa shape index (κ1) is 14.1. The van der Waals surface area contributed by atoms with Crippen LogP contribution in [0.2, 0.25) is 0 Å². The van der Waals surface area contributed by atoms with Crippen LogP contribution in [0, 0.1) is 0 Å². The molecule has 0 saturated carbocycles. The van der Waals surface area contributed by atoms with Crippen LogP contribution in [0.4, 0.5) is 11.4 Å². The molecule has 0 spiro atoms. The SMILES string of the molecule is Nc1ccc(C(=O)Nc2cc(Br)ccc2C(=O)O)cc1. The van der Waals surface area contributed by atoms with Crippen molar-refractivity contribution in [3.8, 4) is 0 Å². The van der Waals surface area contributed by atoms with Gasteiger partial charge in [0.2, 0.25) is 0 Å². The Hall–Kier alpha value is -2.34. The predicted molar refractivity (Wildman–Crippen MR) is 79.9 cm³/mol. The number of hydrogen-bond donors (Lipinski definition) is 3. The fourth-order valence-electron chi connectivity index (χ4n) is 1.64. The Morgan fingerprint density at radius 3 is 2.35 bits per heavy atom. The summed E-state index contributed by atoms with van der Waals surface area (Å²) in [6.07, 6.45) is 0. The Bertz CT molecular complexity index is 669. The molecule has 0 aliphatic heterocycles. The third-order valence-electron chi connectivity index (χ3n) is 2.63. The zero-order valence-corrected chi connectivity index (χ0v) is 11.8. The summed E-state index contributed by atoms with van der Waals surface area (Å²) in [6, 6.07) is 10.9. The molecule has 0 atom stereocenters. The Labute approximate surface area is 123 Å². The summed E-state index contributed by atoms with van der Waals surface area (Å²) in [6.45, 7) is 0. The van der Waals surface area contributed by atoms with E-state index in [0.29, 0.717) is 15.7 Å². The van der Waals surface area contributed by atoms with Gasteiger partial charge in [0.1, 0.15) is 0 Å². The number of amides is 1. The van der Waals surface area contributed by atoms with Crippen molar-refractivity contribution < 1.29 is 14.7 Å². The van der Waals surface area contributed by atoms with Crippen molar-refractivity contribution in [3.63, 3.8) is 0 Å². The zero-order valence-electron chi connectivity index (χ0n) is 10.3. The van der Waals surface area contributed by atoms with E-state index in [2.05, 4.69) is 21.2 Å². The molecule has 0 heterocycles. The van der Waals surface area contributed by atoms with Crippen molar-refractivity contribution >= 4 is 39.2 Å². The van der Waals surface area contributed by atoms with Crippen molar-refractivity contribution in [1.29, 1.82) is 0 Å². The molecule has 0 saturated heterocycles. The smallest absolute Gasteiger partial charge is 0.337 e. The van der Waals surface area contributed by atoms with Crippen LogP contribution >= 0.6 is 15.9 Å². The van der Waals surface area contributed by atoms with Crippen LogP contribution in [-0.2, 0) is 0 Å². The molecule has 6 heteroatoms. The van der Waals surface area contributed by atoms with Gasteiger partial charge in [-0.2, -0.15) is 0 Å². The molecule has 0 bridgehead atoms. The van der Waals surface area contributed by atoms with Crippen LogP contribution in [-0.4, -0.2) is 17.0 Å². The van der Waals surface area contributed by atoms with E-state index in [1.54, 1.807) is 36.4 Å². The Morgan fingerprint density at radius 2 is 1.75 bits per heavy atom. The first-order chi connectivity index (χ1) is 9.47. The molecular weight excluding hydrogens is 324 g/mol. The van der Waals surface area contributed by atoms with Gasteiger partial charge in [-0.05, 0) is 42.5 Å². The van der Waals surface area contributed by atoms with Gasteiger partial charge in [-0.1, -0.05) is 15.9 Å². The highest BCUT2D eigenvalue weighted by Gasteiger charge is 2.13. The van der Waals surface area contributed by atoms with Crippen molar-refractivity contribution in [2.75, 3.05) is 11.1 Å². The number of carboxylic acids is 1. The molecule has 0 aliphatic rings. The molecule has 5 nitrogen and oxygen atoms in total. The summed E-state index contributed by atoms with van der Waals surface area (Å²) < 4.78 is 0.676. The minimum absolute atomic E-state index is 0.0250. The highest BCUT2D eigenvalue weighted by Crippen LogP contribution is 2.22. The lowest BCUT2D eigenvalue weighted by molar-refractivity contribution is 0.0698. The number of nitrogens with one attached hydrogen (secondary N) is 1. The second-order valence-corrected chi connectivity index (χ2v) is 4.99. The van der Waals surface area contributed by atoms with Crippen LogP contribution < -0.4 is 11.1 Å². The molecule has 0 unspecified atom stereocenters. The minimum atomic E-state index is -1.11. The number of nitrogens with two attached hydrogens (primary N) is 1. The van der Waals surface area contributed by atoms with Gasteiger partial charge in [-0.15, -0.1) is 0 Å². The average molecular weight is 335 g/mol. The average Bonchev–Trinajstić information content (AvgIpc) is 2.39. The summed E-state index contributed by atoms with van der Waals surface area (Å²) >= 11 is 3.24. The Kier molecular flexibility index (Phi) is 4.05. The highest BCUT2D eigenvalue weighted by molar-refractivity contribution is 9.10. The van der Waals surface area contributed by atoms with Gasteiger partial charge in [-0.3, -0.25) is 4.79 Å². The number of benzene rings is 2. The summed E-state index contributed by atoms with van der Waals surface area (Å²) in [7, 11) is 0. The van der Waals surface area contributed by atoms with Gasteiger partial charge in [0.05, 0.1) is 11.3 Å². The number of carboxylic acid groups (broad SMARTS) is 1. The molecule has 0 aromatic heterocycles. The lowest BCUT2D eigenvalue weighted by Crippen LogP contribution is -2.14. The van der Waals surface area contributed by atoms with Gasteiger partial charge in [0, 0.05) is 15.7 Å². The van der Waals surface area contributed by atoms with Crippen molar-refractivity contribution in [2.24, 2.45) is 0 Å². The Morgan fingerprint density at radius 1 is 1.10 bits per heavy atom. The number of carbonyl (C=O) groups excluding carboxylic acids is 1. The monoisotopic (exact) mass is 334 g/mol. The molecule has 102 valence electrons. The fraction of sp³-hybridized carbons (Fsp3) is 0. The lowest BCUT2D eigenvalue weighted by atomic mass is 10.1. The zero-order chi connectivity index (χ0) is 14.7. The van der Waals surface area contributed by atoms with Gasteiger partial charge < -0.3 is 16.2 Å². The van der Waals surface area contributed by atoms with E-state index in [-0.39, 0.29) is 11.3 Å². The maximum absolute atomic E-state index is 12.1. The molecule has 0 fully saturated rings. The predicted octanol–water partition coefficient (Wildman–Crippen LogP) is 2.98. The number of halogens is 1. The van der Waals surface area contributed by atoms with E-state index in [0.717, 1.165) is 0 Å². The molecular formula is C14H11BrN2O3. The van der Waals surface area contributed by atoms with Gasteiger partial charge >= 0.3 is 5.97 Å². The Balaban J connectivity index is 2.29. The summed E-state index contributed by atoms with van der Waals surface area (Å²) in [5.74, 6) is -1.50. The molecule has 0 radical (unpaired) electrons. The number of anilines is 2. The first-order valence-corrected chi connectivity index (χ1v) is 6.46. The van der Waals surface area contributed by atoms with Gasteiger partial charge in [0.15, 0.2) is 0 Å². The van der Waals surface area contributed by atoms with Gasteiger partial charge in [0.25, 0.3) is 5.91 Å². The molecule has 4 N–H and O–H groups in total. The van der Waals surface area contributed by atoms with Crippen LogP contribution in [0.25, 0.3) is 0 Å². The first-order valence-electron chi connectivity index (χ1n) is 5.67. The number of nitrogen functional groups attached to an aromatic ring is 1. The maximum Gasteiger partial charge on any atom is 0.337 e. The third-order valence-corrected chi connectivity index (χ3v) is 3.13. The highest BCUT2D eigenvalue weighted by atomic mass is 79.9. The number of aromatic carboxylic acids is 1. The maximum atomic E-state index is 12.1. The summed E-state index contributed by atoms with van der Waals surface area (Å²) in [4.78, 5) is 23.2. The van der Waals surface area contributed by atoms with E-state index in [1.807, 2.05) is 0 Å². The van der Waals surface area contributed by atoms with Crippen LogP contribution in [0.15, 0.2) is 46.9 Å². The van der Waals surface area contributed by atoms with Crippen molar-refractivity contribution in [2.45, 2.75) is 0 Å². The normalized spacial score (nSPS) is 10.1. The van der Waals surface area contributed by atoms with Crippen molar-refractivity contribution in [3.05, 3.63) is 58.1 Å². The second-order valence-electron chi connectivity index (χ2n) is 4.07. The van der Waals surface area contributed by atoms with E-state index in [4.69, 9.17) is 10.8 Å². The molecule has 2 aromatic rings. The quantitative estimate of drug-likeness (QED) is 0.752. The standard InChI is InChI=1S/C14H11BrN2O3/c15-9-3-6-11(14(19)20)12(7-9)17-13(18)8-1-4-10(16)5-2-8/h1-7H,16H2,(H,17,18)(H,19,20). The van der Waals surface area contributed by atoms with Crippen LogP contribution in [0.5, 0.6) is 0 Å². The summed E-state index contributed by atoms with van der Waals surface area (Å²) in [5.41, 5.74) is 6.75. The number of carbonyl (C=O) groups is 2. The van der Waals surface area contributed by atoms with Crippen molar-refractivity contribution in [1.82, 2.24) is 0 Å². The van der Waals surface area contributed by atoms with E-state index in [1.165, 1.54) is 6.07 Å². The van der Waals surface area contributed by atoms with Crippen LogP contribution in [0.3, 0.4) is 0 Å². The molecule has 2 rings (SSSR count). The van der Waals surface area contributed by atoms with E-state index < -0.39 is 11.9 Å². The topological polar surface area (TPSA) is 92.4 Å². The largest absolute Gasteiger partial charge is 0.478 e. The number of rotatable bonds is 3. The number of hydrogen-bond acceptors (Lipinski definition) is 3. The molecule has 1 amide bonds. The molecule has 0 aliphatic carbocycles. The third kappa shape index (κ3) is 3.16. The molecule has 2 aromatic carbocycles. The molecule has 20 heavy (non-hydrogen) atoms. The van der Waals surface area contributed by atoms with Gasteiger partial charge in [-0.25, -0.2) is 4.79 Å².